The molecule has 0 saturated carbocycles. The third-order valence-electron chi connectivity index (χ3n) is 2.72. The standard InChI is InChI=1S/C10H19NO3S/c1-9(8-10(12)13)15(14)7-6-11-4-2-3-5-11/h9H,2-8H2,1H3,(H,12,13). The molecule has 0 aliphatic carbocycles. The van der Waals surface area contributed by atoms with Crippen LogP contribution in [0.1, 0.15) is 26.2 Å². The third-order valence-corrected chi connectivity index (χ3v) is 4.37. The van der Waals surface area contributed by atoms with E-state index >= 15 is 0 Å². The quantitative estimate of drug-likeness (QED) is 0.733. The van der Waals surface area contributed by atoms with Crippen LogP contribution in [0.15, 0.2) is 0 Å². The van der Waals surface area contributed by atoms with Crippen LogP contribution in [-0.4, -0.2) is 50.8 Å². The molecule has 1 rings (SSSR count). The Hall–Kier alpha value is -0.420. The number of carboxylic acid groups (broad SMARTS) is 1. The Kier molecular flexibility index (Phi) is 5.25. The Bertz CT molecular complexity index is 239. The van der Waals surface area contributed by atoms with Crippen molar-refractivity contribution in [3.05, 3.63) is 0 Å². The van der Waals surface area contributed by atoms with Crippen LogP contribution in [0.2, 0.25) is 0 Å². The number of carbonyl (C=O) groups is 1. The van der Waals surface area contributed by atoms with Gasteiger partial charge in [0, 0.05) is 28.3 Å². The lowest BCUT2D eigenvalue weighted by Crippen LogP contribution is -2.28. The Balaban J connectivity index is 2.19. The van der Waals surface area contributed by atoms with E-state index in [9.17, 15) is 9.00 Å². The lowest BCUT2D eigenvalue weighted by Gasteiger charge is -2.15. The SMILES string of the molecule is CC(CC(=O)O)S(=O)CCN1CCCC1. The maximum atomic E-state index is 11.7. The van der Waals surface area contributed by atoms with E-state index < -0.39 is 16.8 Å². The molecule has 0 radical (unpaired) electrons. The van der Waals surface area contributed by atoms with Crippen molar-refractivity contribution >= 4 is 16.8 Å². The molecule has 88 valence electrons. The maximum Gasteiger partial charge on any atom is 0.304 e. The number of carboxylic acids is 1. The van der Waals surface area contributed by atoms with E-state index in [-0.39, 0.29) is 11.7 Å². The summed E-state index contributed by atoms with van der Waals surface area (Å²) < 4.78 is 11.7. The molecule has 2 atom stereocenters. The molecule has 5 heteroatoms. The predicted octanol–water partition coefficient (Wildman–Crippen LogP) is 0.694. The van der Waals surface area contributed by atoms with E-state index in [2.05, 4.69) is 4.90 Å². The van der Waals surface area contributed by atoms with E-state index in [0.29, 0.717) is 5.75 Å². The van der Waals surface area contributed by atoms with Crippen LogP contribution in [0, 0.1) is 0 Å². The van der Waals surface area contributed by atoms with Crippen LogP contribution < -0.4 is 0 Å². The second-order valence-corrected chi connectivity index (χ2v) is 6.02. The molecule has 0 amide bonds. The van der Waals surface area contributed by atoms with Gasteiger partial charge in [-0.2, -0.15) is 0 Å². The summed E-state index contributed by atoms with van der Waals surface area (Å²) in [5.41, 5.74) is 0. The molecule has 1 fully saturated rings. The molecule has 1 heterocycles. The first kappa shape index (κ1) is 12.6. The van der Waals surface area contributed by atoms with Crippen LogP contribution >= 0.6 is 0 Å². The summed E-state index contributed by atoms with van der Waals surface area (Å²) in [6.45, 7) is 4.79. The summed E-state index contributed by atoms with van der Waals surface area (Å²) in [7, 11) is -1.00. The second-order valence-electron chi connectivity index (χ2n) is 4.04. The molecule has 15 heavy (non-hydrogen) atoms. The molecule has 0 bridgehead atoms. The van der Waals surface area contributed by atoms with Crippen molar-refractivity contribution in [2.24, 2.45) is 0 Å². The van der Waals surface area contributed by atoms with E-state index in [4.69, 9.17) is 5.11 Å². The minimum atomic E-state index is -1.00. The molecule has 0 aromatic heterocycles. The Morgan fingerprint density at radius 2 is 2.07 bits per heavy atom. The van der Waals surface area contributed by atoms with Gasteiger partial charge in [0.15, 0.2) is 0 Å². The summed E-state index contributed by atoms with van der Waals surface area (Å²) in [4.78, 5) is 12.7. The molecule has 4 nitrogen and oxygen atoms in total. The third kappa shape index (κ3) is 4.75. The van der Waals surface area contributed by atoms with Gasteiger partial charge in [0.2, 0.25) is 0 Å². The summed E-state index contributed by atoms with van der Waals surface area (Å²) in [5.74, 6) is -0.258. The van der Waals surface area contributed by atoms with Crippen LogP contribution in [0.5, 0.6) is 0 Å². The van der Waals surface area contributed by atoms with Crippen LogP contribution in [0.3, 0.4) is 0 Å². The predicted molar refractivity (Wildman–Crippen MR) is 60.4 cm³/mol. The zero-order valence-electron chi connectivity index (χ0n) is 9.15. The molecule has 0 aromatic carbocycles. The fourth-order valence-corrected chi connectivity index (χ4v) is 2.93. The summed E-state index contributed by atoms with van der Waals surface area (Å²) in [5, 5.41) is 8.34. The largest absolute Gasteiger partial charge is 0.481 e. The lowest BCUT2D eigenvalue weighted by molar-refractivity contribution is -0.136. The van der Waals surface area contributed by atoms with Crippen molar-refractivity contribution in [1.82, 2.24) is 4.90 Å². The van der Waals surface area contributed by atoms with Gasteiger partial charge in [-0.15, -0.1) is 0 Å². The zero-order valence-corrected chi connectivity index (χ0v) is 9.96. The van der Waals surface area contributed by atoms with E-state index in [0.717, 1.165) is 19.6 Å². The molecule has 0 aromatic rings. The average Bonchev–Trinajstić information content (AvgIpc) is 2.65. The van der Waals surface area contributed by atoms with Crippen LogP contribution in [0.25, 0.3) is 0 Å². The highest BCUT2D eigenvalue weighted by molar-refractivity contribution is 7.85. The molecular formula is C10H19NO3S. The van der Waals surface area contributed by atoms with E-state index in [1.54, 1.807) is 6.92 Å². The van der Waals surface area contributed by atoms with Gasteiger partial charge in [0.1, 0.15) is 0 Å². The van der Waals surface area contributed by atoms with Gasteiger partial charge >= 0.3 is 5.97 Å². The molecular weight excluding hydrogens is 214 g/mol. The molecule has 2 unspecified atom stereocenters. The fourth-order valence-electron chi connectivity index (χ4n) is 1.77. The zero-order chi connectivity index (χ0) is 11.3. The smallest absolute Gasteiger partial charge is 0.304 e. The lowest BCUT2D eigenvalue weighted by atomic mass is 10.3. The summed E-state index contributed by atoms with van der Waals surface area (Å²) in [6, 6.07) is 0. The molecule has 1 aliphatic heterocycles. The van der Waals surface area contributed by atoms with E-state index in [1.807, 2.05) is 0 Å². The number of nitrogens with zero attached hydrogens (tertiary/aromatic N) is 1. The van der Waals surface area contributed by atoms with Gasteiger partial charge in [-0.25, -0.2) is 0 Å². The highest BCUT2D eigenvalue weighted by atomic mass is 32.2. The van der Waals surface area contributed by atoms with Gasteiger partial charge in [-0.1, -0.05) is 6.92 Å². The molecule has 1 aliphatic rings. The maximum absolute atomic E-state index is 11.7. The topological polar surface area (TPSA) is 57.6 Å². The molecule has 1 saturated heterocycles. The normalized spacial score (nSPS) is 21.4. The number of hydrogen-bond donors (Lipinski definition) is 1. The minimum absolute atomic E-state index is 0.00656. The van der Waals surface area contributed by atoms with Gasteiger partial charge in [-0.3, -0.25) is 9.00 Å². The van der Waals surface area contributed by atoms with Crippen molar-refractivity contribution in [2.75, 3.05) is 25.4 Å². The van der Waals surface area contributed by atoms with Crippen molar-refractivity contribution in [3.8, 4) is 0 Å². The molecule has 1 N–H and O–H groups in total. The monoisotopic (exact) mass is 233 g/mol. The Morgan fingerprint density at radius 3 is 2.60 bits per heavy atom. The highest BCUT2D eigenvalue weighted by Gasteiger charge is 2.17. The number of aliphatic carboxylic acids is 1. The van der Waals surface area contributed by atoms with Crippen molar-refractivity contribution < 1.29 is 14.1 Å². The van der Waals surface area contributed by atoms with Gasteiger partial charge in [0.25, 0.3) is 0 Å². The summed E-state index contributed by atoms with van der Waals surface area (Å²) in [6.07, 6.45) is 2.47. The van der Waals surface area contributed by atoms with Gasteiger partial charge < -0.3 is 10.0 Å². The second kappa shape index (κ2) is 6.23. The molecule has 0 spiro atoms. The first-order valence-corrected chi connectivity index (χ1v) is 6.79. The number of likely N-dealkylation sites (tertiary alicyclic amines) is 1. The van der Waals surface area contributed by atoms with Crippen molar-refractivity contribution in [2.45, 2.75) is 31.4 Å². The Labute approximate surface area is 93.1 Å². The van der Waals surface area contributed by atoms with Crippen LogP contribution in [-0.2, 0) is 15.6 Å². The van der Waals surface area contributed by atoms with Gasteiger partial charge in [0.05, 0.1) is 6.42 Å². The number of hydrogen-bond acceptors (Lipinski definition) is 3. The van der Waals surface area contributed by atoms with E-state index in [1.165, 1.54) is 12.8 Å². The Morgan fingerprint density at radius 1 is 1.47 bits per heavy atom. The van der Waals surface area contributed by atoms with Crippen LogP contribution in [0.4, 0.5) is 0 Å². The first-order chi connectivity index (χ1) is 7.09. The van der Waals surface area contributed by atoms with Gasteiger partial charge in [-0.05, 0) is 25.9 Å². The minimum Gasteiger partial charge on any atom is -0.481 e. The number of rotatable bonds is 6. The van der Waals surface area contributed by atoms with Crippen molar-refractivity contribution in [3.63, 3.8) is 0 Å². The fraction of sp³-hybridized carbons (Fsp3) is 0.900. The first-order valence-electron chi connectivity index (χ1n) is 5.41. The average molecular weight is 233 g/mol. The summed E-state index contributed by atoms with van der Waals surface area (Å²) >= 11 is 0. The highest BCUT2D eigenvalue weighted by Crippen LogP contribution is 2.08. The van der Waals surface area contributed by atoms with Crippen molar-refractivity contribution in [1.29, 1.82) is 0 Å².